The van der Waals surface area contributed by atoms with Gasteiger partial charge in [-0.3, -0.25) is 14.2 Å². The van der Waals surface area contributed by atoms with E-state index in [1.165, 1.54) is 35.2 Å². The minimum Gasteiger partial charge on any atom is -0.355 e. The largest absolute Gasteiger partial charge is 0.355 e. The standard InChI is InChI=1S/C21H26N4O4S3/c1-12(2)25-20(27)18-13(3)14(4)31-19(18)24-21(25)30-11-17(26)23-10-9-15-5-7-16(8-6-15)32(22,28)29/h5-8,12H,9-11H2,1-4H3,(H,23,26)(H2,22,28,29). The maximum absolute atomic E-state index is 13.1. The van der Waals surface area contributed by atoms with Crippen molar-refractivity contribution in [3.63, 3.8) is 0 Å². The second-order valence-corrected chi connectivity index (χ2v) is 11.4. The van der Waals surface area contributed by atoms with E-state index in [0.717, 1.165) is 16.0 Å². The van der Waals surface area contributed by atoms with Gasteiger partial charge in [-0.25, -0.2) is 18.5 Å². The predicted octanol–water partition coefficient (Wildman–Crippen LogP) is 2.75. The molecule has 3 rings (SSSR count). The maximum atomic E-state index is 13.1. The Balaban J connectivity index is 1.63. The number of primary sulfonamides is 1. The van der Waals surface area contributed by atoms with E-state index in [9.17, 15) is 18.0 Å². The fourth-order valence-corrected chi connectivity index (χ4v) is 5.76. The average Bonchev–Trinajstić information content (AvgIpc) is 2.99. The van der Waals surface area contributed by atoms with Gasteiger partial charge in [-0.1, -0.05) is 23.9 Å². The fourth-order valence-electron chi connectivity index (χ4n) is 3.22. The molecule has 0 aliphatic heterocycles. The molecule has 0 bridgehead atoms. The number of nitrogens with two attached hydrogens (primary N) is 1. The second-order valence-electron chi connectivity index (χ2n) is 7.70. The predicted molar refractivity (Wildman–Crippen MR) is 129 cm³/mol. The van der Waals surface area contributed by atoms with Gasteiger partial charge in [-0.05, 0) is 57.4 Å². The van der Waals surface area contributed by atoms with Gasteiger partial charge in [0.15, 0.2) is 5.16 Å². The lowest BCUT2D eigenvalue weighted by Crippen LogP contribution is -2.29. The summed E-state index contributed by atoms with van der Waals surface area (Å²) in [6.07, 6.45) is 0.552. The number of nitrogens with zero attached hydrogens (tertiary/aromatic N) is 2. The molecule has 3 N–H and O–H groups in total. The molecule has 0 aliphatic rings. The van der Waals surface area contributed by atoms with Gasteiger partial charge in [0, 0.05) is 17.5 Å². The lowest BCUT2D eigenvalue weighted by molar-refractivity contribution is -0.118. The number of aromatic nitrogens is 2. The zero-order valence-electron chi connectivity index (χ0n) is 18.3. The highest BCUT2D eigenvalue weighted by molar-refractivity contribution is 7.99. The first-order chi connectivity index (χ1) is 15.0. The van der Waals surface area contributed by atoms with Gasteiger partial charge >= 0.3 is 0 Å². The van der Waals surface area contributed by atoms with E-state index in [2.05, 4.69) is 10.3 Å². The van der Waals surface area contributed by atoms with Crippen LogP contribution >= 0.6 is 23.1 Å². The van der Waals surface area contributed by atoms with Crippen molar-refractivity contribution < 1.29 is 13.2 Å². The molecule has 0 saturated carbocycles. The molecule has 0 saturated heterocycles. The molecule has 3 aromatic rings. The van der Waals surface area contributed by atoms with E-state index in [0.29, 0.717) is 28.3 Å². The number of carbonyl (C=O) groups is 1. The lowest BCUT2D eigenvalue weighted by Gasteiger charge is -2.15. The normalized spacial score (nSPS) is 11.9. The van der Waals surface area contributed by atoms with Gasteiger partial charge < -0.3 is 5.32 Å². The Morgan fingerprint density at radius 2 is 1.91 bits per heavy atom. The summed E-state index contributed by atoms with van der Waals surface area (Å²) < 4.78 is 24.3. The minimum atomic E-state index is -3.72. The highest BCUT2D eigenvalue weighted by Gasteiger charge is 2.19. The van der Waals surface area contributed by atoms with E-state index in [-0.39, 0.29) is 28.2 Å². The van der Waals surface area contributed by atoms with E-state index in [4.69, 9.17) is 5.14 Å². The molecule has 8 nitrogen and oxygen atoms in total. The third-order valence-corrected chi connectivity index (χ3v) is 8.02. The van der Waals surface area contributed by atoms with Crippen molar-refractivity contribution in [2.45, 2.75) is 50.2 Å². The number of hydrogen-bond donors (Lipinski definition) is 2. The molecular formula is C21H26N4O4S3. The van der Waals surface area contributed by atoms with Crippen molar-refractivity contribution >= 4 is 49.2 Å². The Bertz CT molecular complexity index is 1310. The van der Waals surface area contributed by atoms with Crippen LogP contribution in [0.15, 0.2) is 39.1 Å². The van der Waals surface area contributed by atoms with Crippen molar-refractivity contribution in [2.75, 3.05) is 12.3 Å². The zero-order valence-corrected chi connectivity index (χ0v) is 20.8. The van der Waals surface area contributed by atoms with Crippen molar-refractivity contribution in [3.05, 3.63) is 50.6 Å². The number of benzene rings is 1. The summed E-state index contributed by atoms with van der Waals surface area (Å²) in [7, 11) is -3.72. The van der Waals surface area contributed by atoms with E-state index in [1.807, 2.05) is 27.7 Å². The third-order valence-electron chi connectivity index (χ3n) is 5.04. The van der Waals surface area contributed by atoms with Crippen LogP contribution in [0.3, 0.4) is 0 Å². The summed E-state index contributed by atoms with van der Waals surface area (Å²) in [4.78, 5) is 31.9. The van der Waals surface area contributed by atoms with Gasteiger partial charge in [0.05, 0.1) is 16.0 Å². The number of thiophene rings is 1. The molecule has 0 aliphatic carbocycles. The van der Waals surface area contributed by atoms with E-state index < -0.39 is 10.0 Å². The molecule has 2 aromatic heterocycles. The van der Waals surface area contributed by atoms with Crippen LogP contribution < -0.4 is 16.0 Å². The zero-order chi connectivity index (χ0) is 23.6. The van der Waals surface area contributed by atoms with Crippen molar-refractivity contribution in [1.82, 2.24) is 14.9 Å². The first kappa shape index (κ1) is 24.4. The molecule has 0 fully saturated rings. The molecule has 172 valence electrons. The summed E-state index contributed by atoms with van der Waals surface area (Å²) >= 11 is 2.74. The number of nitrogens with one attached hydrogen (secondary N) is 1. The molecule has 11 heteroatoms. The summed E-state index contributed by atoms with van der Waals surface area (Å²) in [6.45, 7) is 8.17. The van der Waals surface area contributed by atoms with Gasteiger partial charge in [0.2, 0.25) is 15.9 Å². The Hall–Kier alpha value is -2.21. The first-order valence-electron chi connectivity index (χ1n) is 10.0. The molecular weight excluding hydrogens is 468 g/mol. The van der Waals surface area contributed by atoms with E-state index >= 15 is 0 Å². The van der Waals surface area contributed by atoms with Crippen LogP contribution in [0.5, 0.6) is 0 Å². The molecule has 1 amide bonds. The van der Waals surface area contributed by atoms with Gasteiger partial charge in [-0.2, -0.15) is 0 Å². The van der Waals surface area contributed by atoms with Crippen LogP contribution in [0, 0.1) is 13.8 Å². The topological polar surface area (TPSA) is 124 Å². The SMILES string of the molecule is Cc1sc2nc(SCC(=O)NCCc3ccc(S(N)(=O)=O)cc3)n(C(C)C)c(=O)c2c1C. The number of sulfonamides is 1. The summed E-state index contributed by atoms with van der Waals surface area (Å²) in [5, 5.41) is 9.13. The summed E-state index contributed by atoms with van der Waals surface area (Å²) in [6, 6.07) is 6.16. The Morgan fingerprint density at radius 3 is 2.50 bits per heavy atom. The first-order valence-corrected chi connectivity index (χ1v) is 13.4. The Labute approximate surface area is 195 Å². The van der Waals surface area contributed by atoms with E-state index in [1.54, 1.807) is 16.7 Å². The lowest BCUT2D eigenvalue weighted by atomic mass is 10.1. The molecule has 0 unspecified atom stereocenters. The Morgan fingerprint density at radius 1 is 1.25 bits per heavy atom. The smallest absolute Gasteiger partial charge is 0.263 e. The van der Waals surface area contributed by atoms with Gasteiger partial charge in [-0.15, -0.1) is 11.3 Å². The maximum Gasteiger partial charge on any atom is 0.263 e. The number of aryl methyl sites for hydroxylation is 2. The highest BCUT2D eigenvalue weighted by atomic mass is 32.2. The molecule has 0 radical (unpaired) electrons. The van der Waals surface area contributed by atoms with Gasteiger partial charge in [0.1, 0.15) is 4.83 Å². The van der Waals surface area contributed by atoms with Crippen molar-refractivity contribution in [2.24, 2.45) is 5.14 Å². The average molecular weight is 495 g/mol. The van der Waals surface area contributed by atoms with Crippen LogP contribution in [0.1, 0.15) is 35.9 Å². The Kier molecular flexibility index (Phi) is 7.43. The van der Waals surface area contributed by atoms with Crippen LogP contribution in [-0.2, 0) is 21.2 Å². The number of fused-ring (bicyclic) bond motifs is 1. The summed E-state index contributed by atoms with van der Waals surface area (Å²) in [5.41, 5.74) is 1.77. The number of rotatable bonds is 8. The van der Waals surface area contributed by atoms with Crippen molar-refractivity contribution in [3.8, 4) is 0 Å². The van der Waals surface area contributed by atoms with Crippen LogP contribution in [0.25, 0.3) is 10.2 Å². The monoisotopic (exact) mass is 494 g/mol. The fraction of sp³-hybridized carbons (Fsp3) is 0.381. The minimum absolute atomic E-state index is 0.0541. The second kappa shape index (κ2) is 9.74. The summed E-state index contributed by atoms with van der Waals surface area (Å²) in [5.74, 6) is -0.0300. The molecule has 2 heterocycles. The molecule has 0 atom stereocenters. The van der Waals surface area contributed by atoms with Crippen LogP contribution in [0.4, 0.5) is 0 Å². The van der Waals surface area contributed by atoms with Gasteiger partial charge in [0.25, 0.3) is 5.56 Å². The highest BCUT2D eigenvalue weighted by Crippen LogP contribution is 2.29. The number of hydrogen-bond acceptors (Lipinski definition) is 7. The van der Waals surface area contributed by atoms with Crippen molar-refractivity contribution in [1.29, 1.82) is 0 Å². The van der Waals surface area contributed by atoms with Crippen LogP contribution in [0.2, 0.25) is 0 Å². The number of carbonyl (C=O) groups excluding carboxylic acids is 1. The number of thioether (sulfide) groups is 1. The molecule has 0 spiro atoms. The number of amides is 1. The quantitative estimate of drug-likeness (QED) is 0.367. The molecule has 32 heavy (non-hydrogen) atoms. The molecule has 1 aromatic carbocycles. The van der Waals surface area contributed by atoms with Crippen LogP contribution in [-0.4, -0.2) is 36.2 Å². The third kappa shape index (κ3) is 5.40.